The van der Waals surface area contributed by atoms with E-state index >= 15 is 0 Å². The van der Waals surface area contributed by atoms with E-state index in [-0.39, 0.29) is 17.2 Å². The van der Waals surface area contributed by atoms with Gasteiger partial charge in [-0.1, -0.05) is 6.07 Å². The molecular formula is C13H18FN3O2. The number of hydrogen-bond donors (Lipinski definition) is 3. The Hall–Kier alpha value is -1.66. The molecule has 1 amide bonds. The largest absolute Gasteiger partial charge is 0.379 e. The number of carbonyl (C=O) groups is 1. The van der Waals surface area contributed by atoms with E-state index in [1.54, 1.807) is 0 Å². The highest BCUT2D eigenvalue weighted by molar-refractivity contribution is 6.00. The molecule has 0 spiro atoms. The van der Waals surface area contributed by atoms with Crippen LogP contribution in [0.1, 0.15) is 30.1 Å². The summed E-state index contributed by atoms with van der Waals surface area (Å²) < 4.78 is 18.9. The summed E-state index contributed by atoms with van der Waals surface area (Å²) in [5.41, 5.74) is 1.99. The summed E-state index contributed by atoms with van der Waals surface area (Å²) in [7, 11) is 0. The van der Waals surface area contributed by atoms with Crippen LogP contribution in [0.3, 0.4) is 0 Å². The Bertz CT molecular complexity index is 473. The highest BCUT2D eigenvalue weighted by Gasteiger charge is 2.30. The van der Waals surface area contributed by atoms with Crippen molar-refractivity contribution in [3.8, 4) is 0 Å². The molecule has 1 fully saturated rings. The van der Waals surface area contributed by atoms with Crippen molar-refractivity contribution < 1.29 is 13.9 Å². The lowest BCUT2D eigenvalue weighted by atomic mass is 9.94. The van der Waals surface area contributed by atoms with E-state index in [2.05, 4.69) is 10.7 Å². The van der Waals surface area contributed by atoms with Gasteiger partial charge in [0.15, 0.2) is 0 Å². The summed E-state index contributed by atoms with van der Waals surface area (Å²) in [6, 6.07) is 4.25. The van der Waals surface area contributed by atoms with Crippen molar-refractivity contribution in [3.05, 3.63) is 29.6 Å². The summed E-state index contributed by atoms with van der Waals surface area (Å²) in [4.78, 5) is 12.2. The van der Waals surface area contributed by atoms with E-state index < -0.39 is 11.4 Å². The first-order chi connectivity index (χ1) is 9.06. The van der Waals surface area contributed by atoms with E-state index in [4.69, 9.17) is 10.6 Å². The van der Waals surface area contributed by atoms with Gasteiger partial charge < -0.3 is 15.5 Å². The molecule has 0 radical (unpaired) electrons. The normalized spacial score (nSPS) is 22.9. The Morgan fingerprint density at radius 2 is 2.32 bits per heavy atom. The van der Waals surface area contributed by atoms with Crippen LogP contribution in [0.25, 0.3) is 0 Å². The predicted octanol–water partition coefficient (Wildman–Crippen LogP) is 1.41. The molecule has 1 unspecified atom stereocenters. The van der Waals surface area contributed by atoms with Gasteiger partial charge in [-0.05, 0) is 31.9 Å². The van der Waals surface area contributed by atoms with Crippen LogP contribution in [0.4, 0.5) is 10.1 Å². The number of carbonyl (C=O) groups excluding carboxylic acids is 1. The zero-order valence-corrected chi connectivity index (χ0v) is 10.8. The number of hydrazine groups is 1. The zero-order valence-electron chi connectivity index (χ0n) is 10.8. The van der Waals surface area contributed by atoms with Gasteiger partial charge in [-0.2, -0.15) is 0 Å². The molecule has 5 nitrogen and oxygen atoms in total. The van der Waals surface area contributed by atoms with Crippen LogP contribution in [0, 0.1) is 5.82 Å². The van der Waals surface area contributed by atoms with Crippen molar-refractivity contribution in [1.29, 1.82) is 0 Å². The molecule has 1 aromatic rings. The molecule has 104 valence electrons. The van der Waals surface area contributed by atoms with Gasteiger partial charge >= 0.3 is 0 Å². The smallest absolute Gasteiger partial charge is 0.254 e. The number of benzene rings is 1. The first kappa shape index (κ1) is 13.8. The van der Waals surface area contributed by atoms with Crippen LogP contribution in [0.5, 0.6) is 0 Å². The van der Waals surface area contributed by atoms with Gasteiger partial charge in [-0.3, -0.25) is 10.6 Å². The predicted molar refractivity (Wildman–Crippen MR) is 70.1 cm³/mol. The summed E-state index contributed by atoms with van der Waals surface area (Å²) >= 11 is 0. The molecule has 4 N–H and O–H groups in total. The van der Waals surface area contributed by atoms with Crippen LogP contribution in [-0.4, -0.2) is 24.7 Å². The summed E-state index contributed by atoms with van der Waals surface area (Å²) in [6.45, 7) is 3.08. The molecule has 1 heterocycles. The average Bonchev–Trinajstić information content (AvgIpc) is 2.38. The topological polar surface area (TPSA) is 76.4 Å². The quantitative estimate of drug-likeness (QED) is 0.571. The van der Waals surface area contributed by atoms with Crippen molar-refractivity contribution >= 4 is 11.6 Å². The molecule has 0 aromatic heterocycles. The Morgan fingerprint density at radius 1 is 1.53 bits per heavy atom. The van der Waals surface area contributed by atoms with Gasteiger partial charge in [0.1, 0.15) is 5.82 Å². The Labute approximate surface area is 111 Å². The Balaban J connectivity index is 2.18. The fraction of sp³-hybridized carbons (Fsp3) is 0.462. The standard InChI is InChI=1S/C13H18FN3O2/c1-13(6-3-7-19-8-13)16-12(18)9-4-2-5-10(14)11(9)17-15/h2,4-5,17H,3,6-8,15H2,1H3,(H,16,18). The number of para-hydroxylation sites is 1. The number of ether oxygens (including phenoxy) is 1. The minimum atomic E-state index is -0.555. The SMILES string of the molecule is CC1(NC(=O)c2cccc(F)c2NN)CCCOC1. The maximum absolute atomic E-state index is 13.5. The second-order valence-corrected chi connectivity index (χ2v) is 4.98. The van der Waals surface area contributed by atoms with Crippen molar-refractivity contribution in [3.63, 3.8) is 0 Å². The third kappa shape index (κ3) is 3.02. The molecule has 2 rings (SSSR count). The second-order valence-electron chi connectivity index (χ2n) is 4.98. The number of amides is 1. The van der Waals surface area contributed by atoms with Gasteiger partial charge in [-0.15, -0.1) is 0 Å². The molecule has 6 heteroatoms. The third-order valence-electron chi connectivity index (χ3n) is 3.26. The van der Waals surface area contributed by atoms with E-state index in [1.807, 2.05) is 6.92 Å². The molecule has 1 aliphatic rings. The van der Waals surface area contributed by atoms with Crippen LogP contribution < -0.4 is 16.6 Å². The lowest BCUT2D eigenvalue weighted by molar-refractivity contribution is 0.0273. The van der Waals surface area contributed by atoms with Gasteiger partial charge in [-0.25, -0.2) is 4.39 Å². The Morgan fingerprint density at radius 3 is 2.95 bits per heavy atom. The fourth-order valence-corrected chi connectivity index (χ4v) is 2.23. The van der Waals surface area contributed by atoms with Gasteiger partial charge in [0.2, 0.25) is 0 Å². The molecule has 0 bridgehead atoms. The number of rotatable bonds is 3. The van der Waals surface area contributed by atoms with Crippen molar-refractivity contribution in [2.75, 3.05) is 18.6 Å². The van der Waals surface area contributed by atoms with E-state index in [1.165, 1.54) is 18.2 Å². The summed E-state index contributed by atoms with van der Waals surface area (Å²) in [5, 5.41) is 2.89. The second kappa shape index (κ2) is 5.54. The van der Waals surface area contributed by atoms with Crippen LogP contribution >= 0.6 is 0 Å². The van der Waals surface area contributed by atoms with Crippen LogP contribution in [0.2, 0.25) is 0 Å². The molecular weight excluding hydrogens is 249 g/mol. The summed E-state index contributed by atoms with van der Waals surface area (Å²) in [6.07, 6.45) is 1.72. The fourth-order valence-electron chi connectivity index (χ4n) is 2.23. The average molecular weight is 267 g/mol. The molecule has 0 saturated carbocycles. The minimum absolute atomic E-state index is 0.000304. The monoisotopic (exact) mass is 267 g/mol. The van der Waals surface area contributed by atoms with E-state index in [0.717, 1.165) is 12.8 Å². The number of hydrogen-bond acceptors (Lipinski definition) is 4. The van der Waals surface area contributed by atoms with Gasteiger partial charge in [0, 0.05) is 6.61 Å². The van der Waals surface area contributed by atoms with E-state index in [9.17, 15) is 9.18 Å². The molecule has 1 aromatic carbocycles. The number of nitrogens with one attached hydrogen (secondary N) is 2. The number of nitrogen functional groups attached to an aromatic ring is 1. The van der Waals surface area contributed by atoms with Gasteiger partial charge in [0.25, 0.3) is 5.91 Å². The van der Waals surface area contributed by atoms with Crippen molar-refractivity contribution in [2.45, 2.75) is 25.3 Å². The highest BCUT2D eigenvalue weighted by atomic mass is 19.1. The van der Waals surface area contributed by atoms with Crippen molar-refractivity contribution in [2.24, 2.45) is 5.84 Å². The number of nitrogens with two attached hydrogens (primary N) is 1. The zero-order chi connectivity index (χ0) is 13.9. The molecule has 19 heavy (non-hydrogen) atoms. The molecule has 1 aliphatic heterocycles. The molecule has 0 aliphatic carbocycles. The Kier molecular flexibility index (Phi) is 4.01. The highest BCUT2D eigenvalue weighted by Crippen LogP contribution is 2.22. The lowest BCUT2D eigenvalue weighted by Crippen LogP contribution is -2.51. The number of anilines is 1. The maximum Gasteiger partial charge on any atom is 0.254 e. The summed E-state index contributed by atoms with van der Waals surface area (Å²) in [5.74, 6) is 4.34. The number of halogens is 1. The molecule has 1 atom stereocenters. The first-order valence-corrected chi connectivity index (χ1v) is 6.21. The minimum Gasteiger partial charge on any atom is -0.379 e. The van der Waals surface area contributed by atoms with Crippen LogP contribution in [0.15, 0.2) is 18.2 Å². The third-order valence-corrected chi connectivity index (χ3v) is 3.26. The van der Waals surface area contributed by atoms with Crippen LogP contribution in [-0.2, 0) is 4.74 Å². The van der Waals surface area contributed by atoms with Crippen molar-refractivity contribution in [1.82, 2.24) is 5.32 Å². The first-order valence-electron chi connectivity index (χ1n) is 6.21. The lowest BCUT2D eigenvalue weighted by Gasteiger charge is -2.34. The maximum atomic E-state index is 13.5. The molecule has 1 saturated heterocycles. The van der Waals surface area contributed by atoms with Gasteiger partial charge in [0.05, 0.1) is 23.4 Å². The van der Waals surface area contributed by atoms with E-state index in [0.29, 0.717) is 13.2 Å².